The van der Waals surface area contributed by atoms with Crippen molar-refractivity contribution in [2.24, 2.45) is 10.2 Å². The third-order valence-corrected chi connectivity index (χ3v) is 4.19. The van der Waals surface area contributed by atoms with Crippen LogP contribution in [0.25, 0.3) is 0 Å². The van der Waals surface area contributed by atoms with Crippen molar-refractivity contribution in [2.75, 3.05) is 4.90 Å². The van der Waals surface area contributed by atoms with Crippen molar-refractivity contribution >= 4 is 28.9 Å². The Morgan fingerprint density at radius 3 is 2.00 bits per heavy atom. The fourth-order valence-corrected chi connectivity index (χ4v) is 2.87. The summed E-state index contributed by atoms with van der Waals surface area (Å²) in [6.45, 7) is 1.90. The molecule has 0 radical (unpaired) electrons. The predicted molar refractivity (Wildman–Crippen MR) is 99.4 cm³/mol. The van der Waals surface area contributed by atoms with Gasteiger partial charge in [0.25, 0.3) is 11.8 Å². The number of rotatable bonds is 3. The van der Waals surface area contributed by atoms with E-state index in [0.29, 0.717) is 22.5 Å². The molecule has 0 saturated heterocycles. The Labute approximate surface area is 150 Å². The molecule has 0 bridgehead atoms. The predicted octanol–water partition coefficient (Wildman–Crippen LogP) is 5.21. The van der Waals surface area contributed by atoms with Gasteiger partial charge < -0.3 is 0 Å². The van der Waals surface area contributed by atoms with Crippen LogP contribution in [0.5, 0.6) is 0 Å². The molecule has 0 fully saturated rings. The molecular formula is C21H15N3O2. The second kappa shape index (κ2) is 6.37. The monoisotopic (exact) mass is 341 g/mol. The van der Waals surface area contributed by atoms with Crippen molar-refractivity contribution in [3.05, 3.63) is 89.5 Å². The van der Waals surface area contributed by atoms with Crippen LogP contribution in [-0.2, 0) is 0 Å². The summed E-state index contributed by atoms with van der Waals surface area (Å²) in [6.07, 6.45) is 0. The van der Waals surface area contributed by atoms with E-state index in [0.717, 1.165) is 11.3 Å². The second-order valence-corrected chi connectivity index (χ2v) is 6.05. The Morgan fingerprint density at radius 1 is 0.692 bits per heavy atom. The van der Waals surface area contributed by atoms with Gasteiger partial charge in [0.15, 0.2) is 0 Å². The quantitative estimate of drug-likeness (QED) is 0.485. The summed E-state index contributed by atoms with van der Waals surface area (Å²) in [5.74, 6) is -0.601. The molecule has 3 aromatic carbocycles. The molecule has 126 valence electrons. The number of aryl methyl sites for hydroxylation is 1. The van der Waals surface area contributed by atoms with Crippen LogP contribution in [0.3, 0.4) is 0 Å². The number of benzene rings is 3. The molecule has 26 heavy (non-hydrogen) atoms. The van der Waals surface area contributed by atoms with Crippen molar-refractivity contribution in [1.82, 2.24) is 0 Å². The van der Waals surface area contributed by atoms with E-state index in [9.17, 15) is 9.59 Å². The topological polar surface area (TPSA) is 62.1 Å². The number of hydrogen-bond donors (Lipinski definition) is 0. The molecule has 1 aliphatic heterocycles. The molecule has 0 N–H and O–H groups in total. The zero-order valence-corrected chi connectivity index (χ0v) is 14.1. The number of azo groups is 1. The molecule has 4 rings (SSSR count). The summed E-state index contributed by atoms with van der Waals surface area (Å²) in [7, 11) is 0. The number of imide groups is 1. The number of nitrogens with zero attached hydrogens (tertiary/aromatic N) is 3. The number of carbonyl (C=O) groups is 2. The Balaban J connectivity index is 1.59. The SMILES string of the molecule is Cc1ccc2c(c1)C(=O)N(c1ccc(N=Nc3ccccc3)cc1)C2=O. The van der Waals surface area contributed by atoms with Gasteiger partial charge in [0.2, 0.25) is 0 Å². The van der Waals surface area contributed by atoms with Crippen LogP contribution in [0, 0.1) is 6.92 Å². The highest BCUT2D eigenvalue weighted by Gasteiger charge is 2.36. The molecule has 5 nitrogen and oxygen atoms in total. The molecule has 0 aliphatic carbocycles. The molecule has 0 aromatic heterocycles. The van der Waals surface area contributed by atoms with Crippen LogP contribution in [-0.4, -0.2) is 11.8 Å². The minimum Gasteiger partial charge on any atom is -0.268 e. The molecule has 2 amide bonds. The van der Waals surface area contributed by atoms with Crippen molar-refractivity contribution in [2.45, 2.75) is 6.92 Å². The van der Waals surface area contributed by atoms with Crippen molar-refractivity contribution < 1.29 is 9.59 Å². The third-order valence-electron chi connectivity index (χ3n) is 4.19. The van der Waals surface area contributed by atoms with E-state index in [1.807, 2.05) is 43.3 Å². The Bertz CT molecular complexity index is 1020. The van der Waals surface area contributed by atoms with Crippen LogP contribution in [0.1, 0.15) is 26.3 Å². The van der Waals surface area contributed by atoms with Crippen LogP contribution >= 0.6 is 0 Å². The molecule has 0 spiro atoms. The first kappa shape index (κ1) is 15.9. The summed E-state index contributed by atoms with van der Waals surface area (Å²) in [5.41, 5.74) is 3.75. The van der Waals surface area contributed by atoms with E-state index in [4.69, 9.17) is 0 Å². The van der Waals surface area contributed by atoms with Crippen LogP contribution in [0.4, 0.5) is 17.1 Å². The summed E-state index contributed by atoms with van der Waals surface area (Å²) in [4.78, 5) is 26.4. The lowest BCUT2D eigenvalue weighted by Crippen LogP contribution is -2.29. The van der Waals surface area contributed by atoms with Crippen LogP contribution in [0.2, 0.25) is 0 Å². The number of amides is 2. The highest BCUT2D eigenvalue weighted by Crippen LogP contribution is 2.30. The van der Waals surface area contributed by atoms with Gasteiger partial charge in [-0.25, -0.2) is 4.90 Å². The smallest absolute Gasteiger partial charge is 0.266 e. The maximum atomic E-state index is 12.6. The average Bonchev–Trinajstić information content (AvgIpc) is 2.91. The maximum absolute atomic E-state index is 12.6. The molecular weight excluding hydrogens is 326 g/mol. The molecule has 0 saturated carbocycles. The van der Waals surface area contributed by atoms with Crippen molar-refractivity contribution in [3.8, 4) is 0 Å². The lowest BCUT2D eigenvalue weighted by molar-refractivity contribution is 0.0926. The van der Waals surface area contributed by atoms with E-state index in [1.165, 1.54) is 4.90 Å². The zero-order valence-electron chi connectivity index (χ0n) is 14.1. The van der Waals surface area contributed by atoms with Gasteiger partial charge in [-0.1, -0.05) is 29.8 Å². The first-order valence-corrected chi connectivity index (χ1v) is 8.20. The van der Waals surface area contributed by atoms with Gasteiger partial charge in [-0.15, -0.1) is 0 Å². The van der Waals surface area contributed by atoms with E-state index in [1.54, 1.807) is 36.4 Å². The molecule has 5 heteroatoms. The standard InChI is InChI=1S/C21H15N3O2/c1-14-7-12-18-19(13-14)21(26)24(20(18)25)17-10-8-16(9-11-17)23-22-15-5-3-2-4-6-15/h2-13H,1H3. The summed E-state index contributed by atoms with van der Waals surface area (Å²) >= 11 is 0. The number of fused-ring (bicyclic) bond motifs is 1. The second-order valence-electron chi connectivity index (χ2n) is 6.05. The van der Waals surface area contributed by atoms with Gasteiger partial charge >= 0.3 is 0 Å². The van der Waals surface area contributed by atoms with E-state index in [2.05, 4.69) is 10.2 Å². The first-order valence-electron chi connectivity index (χ1n) is 8.20. The molecule has 3 aromatic rings. The normalized spacial score (nSPS) is 13.5. The number of hydrogen-bond acceptors (Lipinski definition) is 4. The fraction of sp³-hybridized carbons (Fsp3) is 0.0476. The van der Waals surface area contributed by atoms with E-state index < -0.39 is 0 Å². The summed E-state index contributed by atoms with van der Waals surface area (Å²) in [6, 6.07) is 21.6. The highest BCUT2D eigenvalue weighted by atomic mass is 16.2. The maximum Gasteiger partial charge on any atom is 0.266 e. The van der Waals surface area contributed by atoms with Gasteiger partial charge in [0.1, 0.15) is 0 Å². The van der Waals surface area contributed by atoms with E-state index >= 15 is 0 Å². The molecule has 1 aliphatic rings. The van der Waals surface area contributed by atoms with Crippen molar-refractivity contribution in [3.63, 3.8) is 0 Å². The van der Waals surface area contributed by atoms with Gasteiger partial charge in [-0.3, -0.25) is 9.59 Å². The van der Waals surface area contributed by atoms with Crippen LogP contribution < -0.4 is 4.90 Å². The summed E-state index contributed by atoms with van der Waals surface area (Å²) < 4.78 is 0. The summed E-state index contributed by atoms with van der Waals surface area (Å²) in [5, 5.41) is 8.32. The zero-order chi connectivity index (χ0) is 18.1. The number of anilines is 1. The third kappa shape index (κ3) is 2.80. The van der Waals surface area contributed by atoms with Gasteiger partial charge in [-0.05, 0) is 55.5 Å². The van der Waals surface area contributed by atoms with Crippen LogP contribution in [0.15, 0.2) is 83.0 Å². The Morgan fingerprint density at radius 2 is 1.31 bits per heavy atom. The van der Waals surface area contributed by atoms with Gasteiger partial charge in [-0.2, -0.15) is 10.2 Å². The lowest BCUT2D eigenvalue weighted by atomic mass is 10.1. The average molecular weight is 341 g/mol. The first-order chi connectivity index (χ1) is 12.6. The van der Waals surface area contributed by atoms with Gasteiger partial charge in [0, 0.05) is 0 Å². The highest BCUT2D eigenvalue weighted by molar-refractivity contribution is 6.34. The lowest BCUT2D eigenvalue weighted by Gasteiger charge is -2.13. The van der Waals surface area contributed by atoms with Crippen molar-refractivity contribution in [1.29, 1.82) is 0 Å². The largest absolute Gasteiger partial charge is 0.268 e. The Hall–Kier alpha value is -3.60. The van der Waals surface area contributed by atoms with Gasteiger partial charge in [0.05, 0.1) is 28.2 Å². The molecule has 0 atom stereocenters. The number of carbonyl (C=O) groups excluding carboxylic acids is 2. The minimum absolute atomic E-state index is 0.299. The minimum atomic E-state index is -0.302. The fourth-order valence-electron chi connectivity index (χ4n) is 2.87. The van der Waals surface area contributed by atoms with E-state index in [-0.39, 0.29) is 11.8 Å². The molecule has 1 heterocycles. The molecule has 0 unspecified atom stereocenters. The Kier molecular flexibility index (Phi) is 3.89.